The summed E-state index contributed by atoms with van der Waals surface area (Å²) >= 11 is 5.67. The molecule has 1 rings (SSSR count). The molecule has 1 nitrogen and oxygen atoms in total. The van der Waals surface area contributed by atoms with Crippen molar-refractivity contribution in [1.29, 1.82) is 0 Å². The zero-order valence-corrected chi connectivity index (χ0v) is 9.87. The van der Waals surface area contributed by atoms with E-state index in [1.165, 1.54) is 0 Å². The molecule has 0 bridgehead atoms. The number of aliphatic imine (C=N–C) groups is 1. The number of benzene rings is 1. The van der Waals surface area contributed by atoms with Crippen LogP contribution in [0.2, 0.25) is 0 Å². The third-order valence-corrected chi connectivity index (χ3v) is 1.46. The van der Waals surface area contributed by atoms with Gasteiger partial charge in [-0.3, -0.25) is 0 Å². The van der Waals surface area contributed by atoms with Gasteiger partial charge in [-0.2, -0.15) is 0 Å². The van der Waals surface area contributed by atoms with Crippen molar-refractivity contribution in [2.45, 2.75) is 0 Å². The first-order chi connectivity index (χ1) is 5.25. The zero-order chi connectivity index (χ0) is 8.27. The Labute approximate surface area is 114 Å². The molecule has 1 aromatic rings. The van der Waals surface area contributed by atoms with E-state index < -0.39 is 0 Å². The Kier molecular flexibility index (Phi) is 9.09. The Bertz CT molecular complexity index is 297. The third-order valence-electron chi connectivity index (χ3n) is 1.28. The van der Waals surface area contributed by atoms with Crippen LogP contribution < -0.4 is 0 Å². The van der Waals surface area contributed by atoms with Crippen molar-refractivity contribution in [3.05, 3.63) is 43.8 Å². The maximum atomic E-state index is 5.67. The SMILES string of the molecule is C=Nc1ccc[c-]c1C(=C)Cl.[CH3-].[Er]. The van der Waals surface area contributed by atoms with Gasteiger partial charge in [0.15, 0.2) is 0 Å². The minimum absolute atomic E-state index is 0. The van der Waals surface area contributed by atoms with Crippen LogP contribution >= 0.6 is 11.6 Å². The van der Waals surface area contributed by atoms with Gasteiger partial charge in [0.05, 0.1) is 0 Å². The average molecular weight is 347 g/mol. The zero-order valence-electron chi connectivity index (χ0n) is 7.26. The topological polar surface area (TPSA) is 12.4 Å². The Balaban J connectivity index is 0. The number of rotatable bonds is 2. The molecule has 0 unspecified atom stereocenters. The van der Waals surface area contributed by atoms with Gasteiger partial charge in [-0.25, -0.2) is 0 Å². The molecule has 0 saturated heterocycles. The van der Waals surface area contributed by atoms with Crippen LogP contribution in [-0.2, 0) is 0 Å². The molecular weight excluding hydrogens is 337 g/mol. The van der Waals surface area contributed by atoms with Crippen molar-refractivity contribution in [1.82, 2.24) is 0 Å². The van der Waals surface area contributed by atoms with E-state index in [1.54, 1.807) is 6.07 Å². The molecular formula is C10H10ClErN-2. The van der Waals surface area contributed by atoms with Crippen molar-refractivity contribution < 1.29 is 37.3 Å². The van der Waals surface area contributed by atoms with Gasteiger partial charge in [-0.1, -0.05) is 0 Å². The van der Waals surface area contributed by atoms with Crippen LogP contribution in [0.3, 0.4) is 0 Å². The van der Waals surface area contributed by atoms with Gasteiger partial charge >= 0.3 is 0 Å². The number of hydrogen-bond donors (Lipinski definition) is 0. The minimum atomic E-state index is 0. The van der Waals surface area contributed by atoms with Crippen molar-refractivity contribution in [3.8, 4) is 0 Å². The molecule has 0 aromatic heterocycles. The Morgan fingerprint density at radius 3 is 2.54 bits per heavy atom. The summed E-state index contributed by atoms with van der Waals surface area (Å²) in [5.41, 5.74) is 1.43. The molecule has 0 aliphatic rings. The van der Waals surface area contributed by atoms with E-state index in [0.717, 1.165) is 0 Å². The molecule has 0 atom stereocenters. The van der Waals surface area contributed by atoms with Gasteiger partial charge in [-0.05, 0) is 17.4 Å². The monoisotopic (exact) mass is 345 g/mol. The number of halogens is 1. The molecule has 1 aromatic carbocycles. The largest absolute Gasteiger partial charge is 0.358 e. The van der Waals surface area contributed by atoms with E-state index in [-0.39, 0.29) is 44.7 Å². The molecule has 0 saturated carbocycles. The van der Waals surface area contributed by atoms with Crippen LogP contribution in [-0.4, -0.2) is 6.72 Å². The number of nitrogens with zero attached hydrogens (tertiary/aromatic N) is 1. The van der Waals surface area contributed by atoms with Gasteiger partial charge in [0.25, 0.3) is 0 Å². The fraction of sp³-hybridized carbons (Fsp3) is 0. The smallest absolute Gasteiger partial charge is 0 e. The van der Waals surface area contributed by atoms with Crippen molar-refractivity contribution in [3.63, 3.8) is 0 Å². The summed E-state index contributed by atoms with van der Waals surface area (Å²) in [6.45, 7) is 6.98. The quantitative estimate of drug-likeness (QED) is 0.574. The summed E-state index contributed by atoms with van der Waals surface area (Å²) in [6, 6.07) is 8.32. The molecule has 13 heavy (non-hydrogen) atoms. The average Bonchev–Trinajstić information content (AvgIpc) is 2.04. The molecule has 0 fully saturated rings. The summed E-state index contributed by atoms with van der Waals surface area (Å²) < 4.78 is 0. The Hall–Kier alpha value is 0.167. The van der Waals surface area contributed by atoms with Crippen LogP contribution in [0.4, 0.5) is 5.69 Å². The van der Waals surface area contributed by atoms with Crippen LogP contribution in [0.15, 0.2) is 29.8 Å². The number of hydrogen-bond acceptors (Lipinski definition) is 1. The second kappa shape index (κ2) is 7.56. The van der Waals surface area contributed by atoms with Gasteiger partial charge in [0.2, 0.25) is 0 Å². The van der Waals surface area contributed by atoms with Crippen LogP contribution in [0.1, 0.15) is 5.56 Å². The molecule has 0 N–H and O–H groups in total. The first kappa shape index (κ1) is 15.6. The first-order valence-electron chi connectivity index (χ1n) is 3.08. The van der Waals surface area contributed by atoms with E-state index in [4.69, 9.17) is 11.6 Å². The molecule has 76 valence electrons. The Morgan fingerprint density at radius 1 is 1.54 bits per heavy atom. The molecule has 0 heterocycles. The first-order valence-corrected chi connectivity index (χ1v) is 3.45. The molecule has 0 aliphatic carbocycles. The molecule has 3 heteroatoms. The summed E-state index contributed by atoms with van der Waals surface area (Å²) in [7, 11) is 0. The van der Waals surface area contributed by atoms with E-state index in [9.17, 15) is 0 Å². The van der Waals surface area contributed by atoms with Crippen LogP contribution in [0.5, 0.6) is 0 Å². The van der Waals surface area contributed by atoms with Gasteiger partial charge in [0.1, 0.15) is 0 Å². The fourth-order valence-corrected chi connectivity index (χ4v) is 0.928. The van der Waals surface area contributed by atoms with Crippen molar-refractivity contribution >= 4 is 29.0 Å². The summed E-state index contributed by atoms with van der Waals surface area (Å²) in [5, 5.41) is 0.438. The standard InChI is InChI=1S/C9H7ClN.CH3.Er/c1-7(10)8-5-3-4-6-9(8)11-2;;/h3-4,6H,1-2H2;1H3;/q2*-1;. The van der Waals surface area contributed by atoms with Gasteiger partial charge in [0, 0.05) is 37.3 Å². The van der Waals surface area contributed by atoms with E-state index in [2.05, 4.69) is 24.4 Å². The molecule has 0 radical (unpaired) electrons. The second-order valence-corrected chi connectivity index (χ2v) is 2.45. The predicted octanol–water partition coefficient (Wildman–Crippen LogP) is 3.48. The third kappa shape index (κ3) is 4.27. The van der Waals surface area contributed by atoms with Crippen molar-refractivity contribution in [2.24, 2.45) is 4.99 Å². The van der Waals surface area contributed by atoms with Crippen LogP contribution in [0.25, 0.3) is 5.03 Å². The normalized spacial score (nSPS) is 7.77. The molecule has 0 spiro atoms. The molecule has 0 amide bonds. The maximum Gasteiger partial charge on any atom is 0 e. The van der Waals surface area contributed by atoms with Gasteiger partial charge in [-0.15, -0.1) is 48.0 Å². The van der Waals surface area contributed by atoms with Gasteiger partial charge < -0.3 is 12.4 Å². The van der Waals surface area contributed by atoms with E-state index >= 15 is 0 Å². The van der Waals surface area contributed by atoms with E-state index in [0.29, 0.717) is 16.3 Å². The summed E-state index contributed by atoms with van der Waals surface area (Å²) in [5.74, 6) is 0. The van der Waals surface area contributed by atoms with Crippen LogP contribution in [0, 0.1) is 50.8 Å². The summed E-state index contributed by atoms with van der Waals surface area (Å²) in [4.78, 5) is 3.77. The maximum absolute atomic E-state index is 5.67. The minimum Gasteiger partial charge on any atom is -0.358 e. The van der Waals surface area contributed by atoms with Crippen molar-refractivity contribution in [2.75, 3.05) is 0 Å². The summed E-state index contributed by atoms with van der Waals surface area (Å²) in [6.07, 6.45) is 0. The predicted molar refractivity (Wildman–Crippen MR) is 55.8 cm³/mol. The van der Waals surface area contributed by atoms with E-state index in [1.807, 2.05) is 12.1 Å². The second-order valence-electron chi connectivity index (χ2n) is 1.99. The Morgan fingerprint density at radius 2 is 2.15 bits per heavy atom. The fourth-order valence-electron chi connectivity index (χ4n) is 0.777. The molecule has 0 aliphatic heterocycles.